The SMILES string of the molecule is CC(=O)NC1=C(Cl)C(=O)OC1CC(=O)c1ccccc1. The number of hydrogen-bond donors (Lipinski definition) is 1. The molecule has 0 fully saturated rings. The van der Waals surface area contributed by atoms with E-state index in [-0.39, 0.29) is 28.8 Å². The van der Waals surface area contributed by atoms with Crippen LogP contribution in [0.25, 0.3) is 0 Å². The summed E-state index contributed by atoms with van der Waals surface area (Å²) in [6.45, 7) is 1.29. The van der Waals surface area contributed by atoms with Gasteiger partial charge in [0.15, 0.2) is 11.9 Å². The summed E-state index contributed by atoms with van der Waals surface area (Å²) in [5.41, 5.74) is 0.655. The maximum Gasteiger partial charge on any atom is 0.352 e. The number of nitrogens with one attached hydrogen (secondary N) is 1. The van der Waals surface area contributed by atoms with Gasteiger partial charge in [-0.05, 0) is 0 Å². The first kappa shape index (κ1) is 14.3. The van der Waals surface area contributed by atoms with E-state index in [0.29, 0.717) is 5.56 Å². The lowest BCUT2D eigenvalue weighted by molar-refractivity contribution is -0.139. The zero-order valence-electron chi connectivity index (χ0n) is 10.7. The Morgan fingerprint density at radius 3 is 2.55 bits per heavy atom. The average Bonchev–Trinajstić information content (AvgIpc) is 2.67. The molecule has 20 heavy (non-hydrogen) atoms. The van der Waals surface area contributed by atoms with Gasteiger partial charge in [-0.25, -0.2) is 4.79 Å². The third-order valence-corrected chi connectivity index (χ3v) is 3.12. The van der Waals surface area contributed by atoms with Crippen LogP contribution in [0.1, 0.15) is 23.7 Å². The fourth-order valence-electron chi connectivity index (χ4n) is 1.87. The van der Waals surface area contributed by atoms with Crippen molar-refractivity contribution in [2.75, 3.05) is 0 Å². The first-order valence-corrected chi connectivity index (χ1v) is 6.33. The van der Waals surface area contributed by atoms with Crippen LogP contribution in [0.2, 0.25) is 0 Å². The fourth-order valence-corrected chi connectivity index (χ4v) is 2.08. The minimum absolute atomic E-state index is 0.0679. The van der Waals surface area contributed by atoms with Crippen LogP contribution in [0.15, 0.2) is 41.1 Å². The number of halogens is 1. The van der Waals surface area contributed by atoms with Crippen molar-refractivity contribution in [1.82, 2.24) is 5.32 Å². The minimum atomic E-state index is -0.855. The van der Waals surface area contributed by atoms with Crippen molar-refractivity contribution >= 4 is 29.3 Å². The van der Waals surface area contributed by atoms with Crippen molar-refractivity contribution in [3.05, 3.63) is 46.6 Å². The van der Waals surface area contributed by atoms with E-state index in [1.807, 2.05) is 0 Å². The summed E-state index contributed by atoms with van der Waals surface area (Å²) in [5, 5.41) is 2.25. The van der Waals surface area contributed by atoms with Gasteiger partial charge in [0.05, 0.1) is 12.1 Å². The quantitative estimate of drug-likeness (QED) is 0.678. The normalized spacial score (nSPS) is 17.9. The van der Waals surface area contributed by atoms with Gasteiger partial charge in [-0.2, -0.15) is 0 Å². The summed E-state index contributed by atoms with van der Waals surface area (Å²) >= 11 is 5.78. The molecule has 0 aromatic heterocycles. The number of ketones is 1. The van der Waals surface area contributed by atoms with Crippen molar-refractivity contribution < 1.29 is 19.1 Å². The number of ether oxygens (including phenoxy) is 1. The molecule has 1 aliphatic heterocycles. The van der Waals surface area contributed by atoms with Gasteiger partial charge in [0.25, 0.3) is 0 Å². The lowest BCUT2D eigenvalue weighted by Crippen LogP contribution is -2.28. The summed E-state index contributed by atoms with van der Waals surface area (Å²) in [5.74, 6) is -1.31. The van der Waals surface area contributed by atoms with Gasteiger partial charge < -0.3 is 10.1 Å². The van der Waals surface area contributed by atoms with Crippen molar-refractivity contribution in [3.8, 4) is 0 Å². The second kappa shape index (κ2) is 5.88. The summed E-state index contributed by atoms with van der Waals surface area (Å²) in [4.78, 5) is 34.6. The topological polar surface area (TPSA) is 72.5 Å². The van der Waals surface area contributed by atoms with Gasteiger partial charge in [0.1, 0.15) is 5.03 Å². The van der Waals surface area contributed by atoms with E-state index in [2.05, 4.69) is 5.32 Å². The Labute approximate surface area is 120 Å². The van der Waals surface area contributed by atoms with Crippen molar-refractivity contribution in [2.45, 2.75) is 19.4 Å². The molecule has 2 rings (SSSR count). The zero-order chi connectivity index (χ0) is 14.7. The van der Waals surface area contributed by atoms with E-state index >= 15 is 0 Å². The van der Waals surface area contributed by atoms with E-state index in [0.717, 1.165) is 0 Å². The smallest absolute Gasteiger partial charge is 0.352 e. The van der Waals surface area contributed by atoms with E-state index in [4.69, 9.17) is 16.3 Å². The Hall–Kier alpha value is -2.14. The number of Topliss-reactive ketones (excluding diaryl/α,β-unsaturated/α-hetero) is 1. The van der Waals surface area contributed by atoms with Crippen molar-refractivity contribution in [3.63, 3.8) is 0 Å². The van der Waals surface area contributed by atoms with Crippen LogP contribution in [-0.2, 0) is 14.3 Å². The molecule has 1 amide bonds. The molecule has 1 atom stereocenters. The van der Waals surface area contributed by atoms with Gasteiger partial charge in [-0.3, -0.25) is 9.59 Å². The molecule has 0 spiro atoms. The highest BCUT2D eigenvalue weighted by molar-refractivity contribution is 6.42. The second-order valence-corrected chi connectivity index (χ2v) is 4.67. The van der Waals surface area contributed by atoms with Gasteiger partial charge in [-0.1, -0.05) is 41.9 Å². The van der Waals surface area contributed by atoms with Crippen LogP contribution in [0.4, 0.5) is 0 Å². The Morgan fingerprint density at radius 1 is 1.30 bits per heavy atom. The summed E-state index contributed by atoms with van der Waals surface area (Å²) in [7, 11) is 0. The Bertz CT molecular complexity index is 594. The van der Waals surface area contributed by atoms with Gasteiger partial charge in [0.2, 0.25) is 5.91 Å². The lowest BCUT2D eigenvalue weighted by Gasteiger charge is -2.13. The van der Waals surface area contributed by atoms with Crippen molar-refractivity contribution in [1.29, 1.82) is 0 Å². The molecule has 0 bridgehead atoms. The lowest BCUT2D eigenvalue weighted by atomic mass is 10.0. The highest BCUT2D eigenvalue weighted by atomic mass is 35.5. The van der Waals surface area contributed by atoms with Crippen LogP contribution in [0, 0.1) is 0 Å². The molecule has 0 radical (unpaired) electrons. The van der Waals surface area contributed by atoms with Crippen molar-refractivity contribution in [2.24, 2.45) is 0 Å². The highest BCUT2D eigenvalue weighted by Gasteiger charge is 2.35. The number of cyclic esters (lactones) is 1. The number of rotatable bonds is 4. The van der Waals surface area contributed by atoms with Crippen LogP contribution in [0.3, 0.4) is 0 Å². The standard InChI is InChI=1S/C14H12ClNO4/c1-8(17)16-13-11(20-14(19)12(13)15)7-10(18)9-5-3-2-4-6-9/h2-6,11H,7H2,1H3,(H,16,17). The molecule has 5 nitrogen and oxygen atoms in total. The van der Waals surface area contributed by atoms with E-state index in [1.165, 1.54) is 6.92 Å². The van der Waals surface area contributed by atoms with E-state index in [1.54, 1.807) is 30.3 Å². The minimum Gasteiger partial charge on any atom is -0.451 e. The Balaban J connectivity index is 2.15. The van der Waals surface area contributed by atoms with Gasteiger partial charge >= 0.3 is 5.97 Å². The Kier molecular flexibility index (Phi) is 4.20. The number of amides is 1. The molecule has 0 saturated carbocycles. The number of carbonyl (C=O) groups is 3. The summed E-state index contributed by atoms with van der Waals surface area (Å²) in [6.07, 6.45) is -0.923. The van der Waals surface area contributed by atoms with Gasteiger partial charge in [-0.15, -0.1) is 0 Å². The predicted molar refractivity (Wildman–Crippen MR) is 72.0 cm³/mol. The fraction of sp³-hybridized carbons (Fsp3) is 0.214. The number of hydrogen-bond acceptors (Lipinski definition) is 4. The third-order valence-electron chi connectivity index (χ3n) is 2.76. The molecule has 0 aliphatic carbocycles. The van der Waals surface area contributed by atoms with Gasteiger partial charge in [0, 0.05) is 12.5 Å². The molecule has 1 N–H and O–H groups in total. The molecule has 6 heteroatoms. The van der Waals surface area contributed by atoms with E-state index in [9.17, 15) is 14.4 Å². The molecular formula is C14H12ClNO4. The predicted octanol–water partition coefficient (Wildman–Crippen LogP) is 1.77. The van der Waals surface area contributed by atoms with Crippen LogP contribution >= 0.6 is 11.6 Å². The zero-order valence-corrected chi connectivity index (χ0v) is 11.4. The number of benzene rings is 1. The van der Waals surface area contributed by atoms with E-state index < -0.39 is 12.1 Å². The second-order valence-electron chi connectivity index (χ2n) is 4.30. The molecule has 104 valence electrons. The maximum atomic E-state index is 12.1. The maximum absolute atomic E-state index is 12.1. The summed E-state index contributed by atoms with van der Waals surface area (Å²) < 4.78 is 5.00. The molecule has 1 aromatic rings. The first-order chi connectivity index (χ1) is 9.49. The molecular weight excluding hydrogens is 282 g/mol. The molecule has 1 aliphatic rings. The monoisotopic (exact) mass is 293 g/mol. The van der Waals surface area contributed by atoms with Crippen LogP contribution in [-0.4, -0.2) is 23.8 Å². The summed E-state index contributed by atoms with van der Waals surface area (Å²) in [6, 6.07) is 8.62. The molecule has 1 unspecified atom stereocenters. The third kappa shape index (κ3) is 3.05. The molecule has 1 aromatic carbocycles. The molecule has 1 heterocycles. The van der Waals surface area contributed by atoms with Crippen LogP contribution < -0.4 is 5.32 Å². The largest absolute Gasteiger partial charge is 0.451 e. The Morgan fingerprint density at radius 2 is 1.95 bits per heavy atom. The number of carbonyl (C=O) groups excluding carboxylic acids is 3. The average molecular weight is 294 g/mol. The van der Waals surface area contributed by atoms with Crippen LogP contribution in [0.5, 0.6) is 0 Å². The molecule has 0 saturated heterocycles. The number of esters is 1. The highest BCUT2D eigenvalue weighted by Crippen LogP contribution is 2.26. The first-order valence-electron chi connectivity index (χ1n) is 5.95.